The van der Waals surface area contributed by atoms with E-state index in [-0.39, 0.29) is 16.4 Å². The number of alkyl halides is 3. The van der Waals surface area contributed by atoms with Gasteiger partial charge >= 0.3 is 6.18 Å². The van der Waals surface area contributed by atoms with Gasteiger partial charge in [-0.15, -0.1) is 0 Å². The predicted octanol–water partition coefficient (Wildman–Crippen LogP) is 5.24. The number of pyridine rings is 1. The molecule has 2 heterocycles. The molecule has 27 heavy (non-hydrogen) atoms. The molecule has 1 fully saturated rings. The number of hydrogen-bond donors (Lipinski definition) is 1. The Morgan fingerprint density at radius 2 is 1.93 bits per heavy atom. The Morgan fingerprint density at radius 1 is 1.22 bits per heavy atom. The molecular weight excluding hydrogens is 379 g/mol. The van der Waals surface area contributed by atoms with Crippen LogP contribution in [0, 0.1) is 5.92 Å². The normalized spacial score (nSPS) is 15.7. The number of anilines is 2. The molecule has 0 bridgehead atoms. The van der Waals surface area contributed by atoms with Crippen LogP contribution in [0.3, 0.4) is 0 Å². The van der Waals surface area contributed by atoms with Crippen LogP contribution >= 0.6 is 11.6 Å². The zero-order valence-electron chi connectivity index (χ0n) is 14.7. The molecule has 1 aliphatic rings. The van der Waals surface area contributed by atoms with Gasteiger partial charge in [-0.25, -0.2) is 4.98 Å². The fourth-order valence-corrected chi connectivity index (χ4v) is 3.12. The molecule has 144 valence electrons. The van der Waals surface area contributed by atoms with Crippen LogP contribution in [0.1, 0.15) is 35.8 Å². The summed E-state index contributed by atoms with van der Waals surface area (Å²) in [6.45, 7) is 4.10. The van der Waals surface area contributed by atoms with Gasteiger partial charge in [0.15, 0.2) is 0 Å². The summed E-state index contributed by atoms with van der Waals surface area (Å²) in [5.41, 5.74) is 0.0466. The zero-order valence-corrected chi connectivity index (χ0v) is 15.4. The number of nitrogens with one attached hydrogen (secondary N) is 1. The van der Waals surface area contributed by atoms with Crippen molar-refractivity contribution in [2.45, 2.75) is 25.9 Å². The molecule has 2 aromatic rings. The molecule has 0 unspecified atom stereocenters. The second-order valence-electron chi connectivity index (χ2n) is 6.72. The van der Waals surface area contributed by atoms with E-state index in [1.54, 1.807) is 18.3 Å². The Bertz CT molecular complexity index is 816. The van der Waals surface area contributed by atoms with Crippen molar-refractivity contribution in [3.05, 3.63) is 52.8 Å². The highest BCUT2D eigenvalue weighted by molar-refractivity contribution is 6.33. The van der Waals surface area contributed by atoms with Crippen molar-refractivity contribution in [1.29, 1.82) is 0 Å². The lowest BCUT2D eigenvalue weighted by atomic mass is 9.99. The summed E-state index contributed by atoms with van der Waals surface area (Å²) < 4.78 is 38.5. The number of amides is 1. The standard InChI is InChI=1S/C19H19ClF3N3O/c1-12-6-8-26(9-7-12)14-3-5-16(24-11-14)18(27)25-17-10-13(19(21,22)23)2-4-15(17)20/h2-5,10-12H,6-9H2,1H3,(H,25,27). The van der Waals surface area contributed by atoms with Crippen molar-refractivity contribution in [2.24, 2.45) is 5.92 Å². The van der Waals surface area contributed by atoms with Gasteiger partial charge in [0.1, 0.15) is 5.69 Å². The molecule has 1 saturated heterocycles. The average molecular weight is 398 g/mol. The number of carbonyl (C=O) groups is 1. The van der Waals surface area contributed by atoms with Gasteiger partial charge < -0.3 is 10.2 Å². The Labute approximate surface area is 160 Å². The number of carbonyl (C=O) groups excluding carboxylic acids is 1. The molecule has 0 atom stereocenters. The predicted molar refractivity (Wildman–Crippen MR) is 99.3 cm³/mol. The van der Waals surface area contributed by atoms with Gasteiger partial charge in [-0.3, -0.25) is 4.79 Å². The number of rotatable bonds is 3. The van der Waals surface area contributed by atoms with E-state index in [2.05, 4.69) is 22.1 Å². The van der Waals surface area contributed by atoms with Gasteiger partial charge in [0.25, 0.3) is 5.91 Å². The highest BCUT2D eigenvalue weighted by Crippen LogP contribution is 2.34. The van der Waals surface area contributed by atoms with Gasteiger partial charge in [0.2, 0.25) is 0 Å². The van der Waals surface area contributed by atoms with Crippen molar-refractivity contribution in [3.8, 4) is 0 Å². The van der Waals surface area contributed by atoms with E-state index in [0.29, 0.717) is 5.92 Å². The van der Waals surface area contributed by atoms with Crippen LogP contribution in [-0.4, -0.2) is 24.0 Å². The third-order valence-electron chi connectivity index (χ3n) is 4.67. The molecule has 0 aliphatic carbocycles. The minimum absolute atomic E-state index is 0.0235. The summed E-state index contributed by atoms with van der Waals surface area (Å²) in [6.07, 6.45) is -0.693. The monoisotopic (exact) mass is 397 g/mol. The van der Waals surface area contributed by atoms with Crippen molar-refractivity contribution >= 4 is 28.9 Å². The van der Waals surface area contributed by atoms with Gasteiger partial charge in [-0.2, -0.15) is 13.2 Å². The first kappa shape index (κ1) is 19.5. The summed E-state index contributed by atoms with van der Waals surface area (Å²) >= 11 is 5.91. The minimum atomic E-state index is -4.52. The Kier molecular flexibility index (Phi) is 5.60. The van der Waals surface area contributed by atoms with E-state index in [9.17, 15) is 18.0 Å². The van der Waals surface area contributed by atoms with Gasteiger partial charge in [0.05, 0.1) is 28.2 Å². The molecular formula is C19H19ClF3N3O. The van der Waals surface area contributed by atoms with Crippen LogP contribution in [0.5, 0.6) is 0 Å². The summed E-state index contributed by atoms with van der Waals surface area (Å²) in [6, 6.07) is 6.14. The fraction of sp³-hybridized carbons (Fsp3) is 0.368. The van der Waals surface area contributed by atoms with Crippen molar-refractivity contribution in [2.75, 3.05) is 23.3 Å². The lowest BCUT2D eigenvalue weighted by Gasteiger charge is -2.31. The summed E-state index contributed by atoms with van der Waals surface area (Å²) in [4.78, 5) is 18.7. The van der Waals surface area contributed by atoms with Crippen LogP contribution in [0.2, 0.25) is 5.02 Å². The third-order valence-corrected chi connectivity index (χ3v) is 5.00. The maximum atomic E-state index is 12.8. The molecule has 0 spiro atoms. The van der Waals surface area contributed by atoms with E-state index >= 15 is 0 Å². The zero-order chi connectivity index (χ0) is 19.6. The average Bonchev–Trinajstić information content (AvgIpc) is 2.63. The third kappa shape index (κ3) is 4.71. The Hall–Kier alpha value is -2.28. The summed E-state index contributed by atoms with van der Waals surface area (Å²) in [5, 5.41) is 2.42. The maximum Gasteiger partial charge on any atom is 0.416 e. The number of halogens is 4. The first-order valence-corrected chi connectivity index (χ1v) is 9.01. The molecule has 0 radical (unpaired) electrons. The molecule has 1 N–H and O–H groups in total. The van der Waals surface area contributed by atoms with Crippen LogP contribution in [0.25, 0.3) is 0 Å². The minimum Gasteiger partial charge on any atom is -0.370 e. The van der Waals surface area contributed by atoms with E-state index in [1.165, 1.54) is 0 Å². The highest BCUT2D eigenvalue weighted by atomic mass is 35.5. The van der Waals surface area contributed by atoms with Crippen LogP contribution in [-0.2, 0) is 6.18 Å². The molecule has 0 saturated carbocycles. The van der Waals surface area contributed by atoms with Crippen LogP contribution < -0.4 is 10.2 Å². The first-order chi connectivity index (χ1) is 12.7. The quantitative estimate of drug-likeness (QED) is 0.770. The second kappa shape index (κ2) is 7.76. The van der Waals surface area contributed by atoms with Crippen molar-refractivity contribution in [3.63, 3.8) is 0 Å². The second-order valence-corrected chi connectivity index (χ2v) is 7.12. The topological polar surface area (TPSA) is 45.2 Å². The molecule has 8 heteroatoms. The van der Waals surface area contributed by atoms with E-state index in [1.807, 2.05) is 0 Å². The number of aromatic nitrogens is 1. The number of piperidine rings is 1. The largest absolute Gasteiger partial charge is 0.416 e. The van der Waals surface area contributed by atoms with Gasteiger partial charge in [-0.05, 0) is 49.1 Å². The lowest BCUT2D eigenvalue weighted by molar-refractivity contribution is -0.137. The van der Waals surface area contributed by atoms with Crippen molar-refractivity contribution < 1.29 is 18.0 Å². The maximum absolute atomic E-state index is 12.8. The molecule has 1 aromatic heterocycles. The SMILES string of the molecule is CC1CCN(c2ccc(C(=O)Nc3cc(C(F)(F)F)ccc3Cl)nc2)CC1. The van der Waals surface area contributed by atoms with E-state index < -0.39 is 17.6 Å². The van der Waals surface area contributed by atoms with Crippen LogP contribution in [0.4, 0.5) is 24.5 Å². The van der Waals surface area contributed by atoms with Crippen LogP contribution in [0.15, 0.2) is 36.5 Å². The first-order valence-electron chi connectivity index (χ1n) is 8.63. The number of hydrogen-bond acceptors (Lipinski definition) is 3. The van der Waals surface area contributed by atoms with E-state index in [4.69, 9.17) is 11.6 Å². The van der Waals surface area contributed by atoms with Gasteiger partial charge in [-0.1, -0.05) is 18.5 Å². The summed E-state index contributed by atoms with van der Waals surface area (Å²) in [5.74, 6) is 0.0894. The lowest BCUT2D eigenvalue weighted by Crippen LogP contribution is -2.32. The smallest absolute Gasteiger partial charge is 0.370 e. The fourth-order valence-electron chi connectivity index (χ4n) is 2.96. The van der Waals surface area contributed by atoms with Crippen molar-refractivity contribution in [1.82, 2.24) is 4.98 Å². The molecule has 3 rings (SSSR count). The molecule has 1 aliphatic heterocycles. The van der Waals surface area contributed by atoms with E-state index in [0.717, 1.165) is 49.8 Å². The number of nitrogens with zero attached hydrogens (tertiary/aromatic N) is 2. The molecule has 4 nitrogen and oxygen atoms in total. The summed E-state index contributed by atoms with van der Waals surface area (Å²) in [7, 11) is 0. The Morgan fingerprint density at radius 3 is 2.52 bits per heavy atom. The van der Waals surface area contributed by atoms with Gasteiger partial charge in [0, 0.05) is 13.1 Å². The highest BCUT2D eigenvalue weighted by Gasteiger charge is 2.31. The molecule has 1 aromatic carbocycles. The Balaban J connectivity index is 1.71. The molecule has 1 amide bonds. The number of benzene rings is 1.